The van der Waals surface area contributed by atoms with Crippen LogP contribution in [0.15, 0.2) is 0 Å². The third-order valence-corrected chi connectivity index (χ3v) is 1.04. The molecule has 0 heterocycles. The fourth-order valence-electron chi connectivity index (χ4n) is 0.624. The molecule has 0 radical (unpaired) electrons. The highest BCUT2D eigenvalue weighted by Crippen LogP contribution is 1.95. The van der Waals surface area contributed by atoms with Gasteiger partial charge in [-0.05, 0) is 6.42 Å². The minimum atomic E-state index is 0.227. The predicted molar refractivity (Wildman–Crippen MR) is 36.3 cm³/mol. The number of terminal acetylenes is 1. The lowest BCUT2D eigenvalue weighted by atomic mass is 10.1. The van der Waals surface area contributed by atoms with Gasteiger partial charge in [0.25, 0.3) is 0 Å². The summed E-state index contributed by atoms with van der Waals surface area (Å²) in [7, 11) is 0. The van der Waals surface area contributed by atoms with Gasteiger partial charge in [0, 0.05) is 12.5 Å². The van der Waals surface area contributed by atoms with E-state index in [1.807, 2.05) is 0 Å². The molecule has 1 atom stereocenters. The molecule has 0 spiro atoms. The van der Waals surface area contributed by atoms with Gasteiger partial charge >= 0.3 is 0 Å². The van der Waals surface area contributed by atoms with Crippen LogP contribution < -0.4 is 5.73 Å². The van der Waals surface area contributed by atoms with Crippen LogP contribution in [0.5, 0.6) is 0 Å². The second kappa shape index (κ2) is 4.67. The Balaban J connectivity index is 3.08. The quantitative estimate of drug-likeness (QED) is 0.543. The van der Waals surface area contributed by atoms with E-state index < -0.39 is 0 Å². The van der Waals surface area contributed by atoms with Gasteiger partial charge in [0.05, 0.1) is 0 Å². The van der Waals surface area contributed by atoms with Gasteiger partial charge < -0.3 is 5.73 Å². The van der Waals surface area contributed by atoms with Crippen LogP contribution in [0, 0.1) is 12.3 Å². The lowest BCUT2D eigenvalue weighted by Gasteiger charge is -2.02. The van der Waals surface area contributed by atoms with E-state index in [4.69, 9.17) is 12.2 Å². The van der Waals surface area contributed by atoms with E-state index in [0.29, 0.717) is 6.42 Å². The lowest BCUT2D eigenvalue weighted by Crippen LogP contribution is -2.17. The highest BCUT2D eigenvalue weighted by Gasteiger charge is 1.94. The maximum absolute atomic E-state index is 5.55. The average Bonchev–Trinajstić information content (AvgIpc) is 1.68. The Morgan fingerprint density at radius 3 is 2.75 bits per heavy atom. The molecule has 8 heavy (non-hydrogen) atoms. The van der Waals surface area contributed by atoms with Gasteiger partial charge in [0.1, 0.15) is 0 Å². The van der Waals surface area contributed by atoms with E-state index >= 15 is 0 Å². The van der Waals surface area contributed by atoms with Crippen LogP contribution >= 0.6 is 0 Å². The predicted octanol–water partition coefficient (Wildman–Crippen LogP) is 1.14. The summed E-state index contributed by atoms with van der Waals surface area (Å²) in [5.41, 5.74) is 5.55. The Bertz CT molecular complexity index is 80.9. The molecule has 0 amide bonds. The molecule has 0 aromatic heterocycles. The summed E-state index contributed by atoms with van der Waals surface area (Å²) in [4.78, 5) is 0. The van der Waals surface area contributed by atoms with Crippen molar-refractivity contribution < 1.29 is 0 Å². The Kier molecular flexibility index (Phi) is 4.39. The minimum Gasteiger partial charge on any atom is -0.327 e. The van der Waals surface area contributed by atoms with Gasteiger partial charge in [-0.3, -0.25) is 0 Å². The van der Waals surface area contributed by atoms with Crippen LogP contribution in [0.4, 0.5) is 0 Å². The summed E-state index contributed by atoms with van der Waals surface area (Å²) in [6.45, 7) is 2.11. The molecule has 1 heteroatoms. The number of hydrogen-bond donors (Lipinski definition) is 1. The van der Waals surface area contributed by atoms with Gasteiger partial charge in [-0.15, -0.1) is 12.3 Å². The Hall–Kier alpha value is -0.480. The molecule has 0 aromatic carbocycles. The Morgan fingerprint density at radius 1 is 1.75 bits per heavy atom. The van der Waals surface area contributed by atoms with Crippen LogP contribution in [0.2, 0.25) is 0 Å². The van der Waals surface area contributed by atoms with E-state index in [1.54, 1.807) is 0 Å². The Morgan fingerprint density at radius 2 is 2.38 bits per heavy atom. The van der Waals surface area contributed by atoms with E-state index in [-0.39, 0.29) is 6.04 Å². The normalized spacial score (nSPS) is 12.6. The molecule has 1 nitrogen and oxygen atoms in total. The number of hydrogen-bond acceptors (Lipinski definition) is 1. The third-order valence-electron chi connectivity index (χ3n) is 1.04. The van der Waals surface area contributed by atoms with Crippen LogP contribution in [0.1, 0.15) is 26.2 Å². The molecule has 0 bridgehead atoms. The van der Waals surface area contributed by atoms with E-state index in [0.717, 1.165) is 12.8 Å². The number of rotatable bonds is 3. The summed E-state index contributed by atoms with van der Waals surface area (Å²) >= 11 is 0. The third kappa shape index (κ3) is 3.70. The summed E-state index contributed by atoms with van der Waals surface area (Å²) in [5.74, 6) is 2.53. The van der Waals surface area contributed by atoms with Crippen LogP contribution in [0.25, 0.3) is 0 Å². The largest absolute Gasteiger partial charge is 0.327 e. The molecule has 0 aromatic rings. The lowest BCUT2D eigenvalue weighted by molar-refractivity contribution is 0.618. The van der Waals surface area contributed by atoms with Crippen molar-refractivity contribution >= 4 is 0 Å². The first-order chi connectivity index (χ1) is 3.81. The summed E-state index contributed by atoms with van der Waals surface area (Å²) in [6, 6.07) is 0.227. The first-order valence-corrected chi connectivity index (χ1v) is 3.00. The highest BCUT2D eigenvalue weighted by atomic mass is 14.6. The molecule has 46 valence electrons. The fraction of sp³-hybridized carbons (Fsp3) is 0.714. The summed E-state index contributed by atoms with van der Waals surface area (Å²) < 4.78 is 0. The molecule has 2 N–H and O–H groups in total. The van der Waals surface area contributed by atoms with Crippen molar-refractivity contribution in [3.63, 3.8) is 0 Å². The zero-order valence-electron chi connectivity index (χ0n) is 5.35. The smallest absolute Gasteiger partial charge is 0.0238 e. The molecular formula is C7H13N. The first-order valence-electron chi connectivity index (χ1n) is 3.00. The molecule has 1 unspecified atom stereocenters. The van der Waals surface area contributed by atoms with Crippen molar-refractivity contribution in [2.24, 2.45) is 5.73 Å². The van der Waals surface area contributed by atoms with Crippen molar-refractivity contribution in [1.29, 1.82) is 0 Å². The van der Waals surface area contributed by atoms with Crippen molar-refractivity contribution in [3.8, 4) is 12.3 Å². The second-order valence-electron chi connectivity index (χ2n) is 1.96. The zero-order chi connectivity index (χ0) is 6.41. The summed E-state index contributed by atoms with van der Waals surface area (Å²) in [6.07, 6.45) is 7.92. The van der Waals surface area contributed by atoms with Gasteiger partial charge in [-0.25, -0.2) is 0 Å². The van der Waals surface area contributed by atoms with Crippen molar-refractivity contribution in [2.45, 2.75) is 32.2 Å². The molecule has 0 fully saturated rings. The van der Waals surface area contributed by atoms with Gasteiger partial charge in [0.2, 0.25) is 0 Å². The average molecular weight is 111 g/mol. The monoisotopic (exact) mass is 111 g/mol. The Labute approximate surface area is 51.3 Å². The topological polar surface area (TPSA) is 26.0 Å². The number of nitrogens with two attached hydrogens (primary N) is 1. The van der Waals surface area contributed by atoms with Gasteiger partial charge in [-0.1, -0.05) is 13.3 Å². The molecule has 0 aliphatic carbocycles. The maximum Gasteiger partial charge on any atom is 0.0238 e. The molecular weight excluding hydrogens is 98.1 g/mol. The second-order valence-corrected chi connectivity index (χ2v) is 1.96. The van der Waals surface area contributed by atoms with Crippen LogP contribution in [0.3, 0.4) is 0 Å². The fourth-order valence-corrected chi connectivity index (χ4v) is 0.624. The molecule has 0 saturated heterocycles. The first kappa shape index (κ1) is 7.52. The van der Waals surface area contributed by atoms with E-state index in [2.05, 4.69) is 12.8 Å². The molecule has 0 aliphatic heterocycles. The maximum atomic E-state index is 5.55. The van der Waals surface area contributed by atoms with Gasteiger partial charge in [0.15, 0.2) is 0 Å². The SMILES string of the molecule is C#CCC(N)CCC. The molecule has 0 aliphatic rings. The molecule has 0 saturated carbocycles. The van der Waals surface area contributed by atoms with E-state index in [9.17, 15) is 0 Å². The van der Waals surface area contributed by atoms with Crippen molar-refractivity contribution in [3.05, 3.63) is 0 Å². The zero-order valence-corrected chi connectivity index (χ0v) is 5.35. The van der Waals surface area contributed by atoms with Crippen molar-refractivity contribution in [2.75, 3.05) is 0 Å². The molecule has 0 rings (SSSR count). The van der Waals surface area contributed by atoms with Crippen LogP contribution in [-0.4, -0.2) is 6.04 Å². The van der Waals surface area contributed by atoms with Crippen LogP contribution in [-0.2, 0) is 0 Å². The van der Waals surface area contributed by atoms with Crippen molar-refractivity contribution in [1.82, 2.24) is 0 Å². The van der Waals surface area contributed by atoms with E-state index in [1.165, 1.54) is 0 Å². The minimum absolute atomic E-state index is 0.227. The summed E-state index contributed by atoms with van der Waals surface area (Å²) in [5, 5.41) is 0. The van der Waals surface area contributed by atoms with Gasteiger partial charge in [-0.2, -0.15) is 0 Å². The standard InChI is InChI=1S/C7H13N/c1-3-5-7(8)6-4-2/h1,7H,4-6,8H2,2H3. The highest BCUT2D eigenvalue weighted by molar-refractivity contribution is 4.87.